The molecule has 0 N–H and O–H groups in total. The first-order chi connectivity index (χ1) is 6.13. The molecule has 0 saturated heterocycles. The average molecular weight is 184 g/mol. The zero-order valence-electron chi connectivity index (χ0n) is 7.03. The summed E-state index contributed by atoms with van der Waals surface area (Å²) in [5, 5.41) is 0. The number of cyclic esters (lactones) is 1. The van der Waals surface area contributed by atoms with Crippen molar-refractivity contribution in [2.45, 2.75) is 13.3 Å². The summed E-state index contributed by atoms with van der Waals surface area (Å²) in [4.78, 5) is 32.5. The van der Waals surface area contributed by atoms with Crippen LogP contribution >= 0.6 is 0 Å². The van der Waals surface area contributed by atoms with E-state index >= 15 is 0 Å². The predicted molar refractivity (Wildman–Crippen MR) is 40.4 cm³/mol. The molecule has 1 aliphatic heterocycles. The molecule has 5 nitrogen and oxygen atoms in total. The average Bonchev–Trinajstić information content (AvgIpc) is 2.03. The van der Waals surface area contributed by atoms with E-state index in [9.17, 15) is 14.4 Å². The number of ether oxygens (including phenoxy) is 2. The molecule has 5 heteroatoms. The van der Waals surface area contributed by atoms with Gasteiger partial charge in [-0.1, -0.05) is 0 Å². The van der Waals surface area contributed by atoms with Gasteiger partial charge in [-0.2, -0.15) is 0 Å². The number of allylic oxidation sites excluding steroid dienone is 1. The number of rotatable bonds is 2. The zero-order chi connectivity index (χ0) is 9.84. The molecule has 70 valence electrons. The van der Waals surface area contributed by atoms with Crippen LogP contribution in [0.25, 0.3) is 0 Å². The van der Waals surface area contributed by atoms with E-state index in [-0.39, 0.29) is 18.8 Å². The fourth-order valence-electron chi connectivity index (χ4n) is 0.831. The van der Waals surface area contributed by atoms with E-state index in [1.807, 2.05) is 0 Å². The molecule has 1 heterocycles. The summed E-state index contributed by atoms with van der Waals surface area (Å²) in [7, 11) is 0. The second-order valence-electron chi connectivity index (χ2n) is 2.35. The van der Waals surface area contributed by atoms with Crippen LogP contribution in [-0.4, -0.2) is 24.3 Å². The number of hydrogen-bond donors (Lipinski definition) is 0. The lowest BCUT2D eigenvalue weighted by Gasteiger charge is -2.10. The predicted octanol–water partition coefficient (Wildman–Crippen LogP) is -0.0506. The number of ketones is 1. The van der Waals surface area contributed by atoms with E-state index in [4.69, 9.17) is 0 Å². The minimum atomic E-state index is -0.788. The summed E-state index contributed by atoms with van der Waals surface area (Å²) in [6, 6.07) is 0. The first-order valence-electron chi connectivity index (χ1n) is 3.75. The Balaban J connectivity index is 2.74. The van der Waals surface area contributed by atoms with Crippen molar-refractivity contribution >= 4 is 17.7 Å². The first-order valence-corrected chi connectivity index (χ1v) is 3.75. The molecular weight excluding hydrogens is 176 g/mol. The van der Waals surface area contributed by atoms with E-state index in [1.165, 1.54) is 0 Å². The number of hydrogen-bond acceptors (Lipinski definition) is 5. The molecule has 0 bridgehead atoms. The van der Waals surface area contributed by atoms with Gasteiger partial charge in [0.25, 0.3) is 0 Å². The number of carbonyl (C=O) groups is 3. The summed E-state index contributed by atoms with van der Waals surface area (Å²) in [5.74, 6) is -2.29. The summed E-state index contributed by atoms with van der Waals surface area (Å²) < 4.78 is 9.04. The highest BCUT2D eigenvalue weighted by molar-refractivity contribution is 6.09. The van der Waals surface area contributed by atoms with Gasteiger partial charge in [0.15, 0.2) is 5.78 Å². The summed E-state index contributed by atoms with van der Waals surface area (Å²) in [5.41, 5.74) is 0. The second kappa shape index (κ2) is 3.84. The highest BCUT2D eigenvalue weighted by Crippen LogP contribution is 2.10. The zero-order valence-corrected chi connectivity index (χ0v) is 7.03. The Bertz CT molecular complexity index is 289. The van der Waals surface area contributed by atoms with Crippen molar-refractivity contribution in [3.63, 3.8) is 0 Å². The van der Waals surface area contributed by atoms with Crippen LogP contribution in [0.2, 0.25) is 0 Å². The molecule has 0 aromatic rings. The van der Waals surface area contributed by atoms with Crippen molar-refractivity contribution in [2.24, 2.45) is 0 Å². The molecule has 0 aromatic carbocycles. The van der Waals surface area contributed by atoms with E-state index in [2.05, 4.69) is 9.47 Å². The van der Waals surface area contributed by atoms with Crippen molar-refractivity contribution in [1.82, 2.24) is 0 Å². The van der Waals surface area contributed by atoms with Gasteiger partial charge in [-0.25, -0.2) is 4.79 Å². The molecule has 13 heavy (non-hydrogen) atoms. The largest absolute Gasteiger partial charge is 0.460 e. The normalized spacial score (nSPS) is 16.2. The number of esters is 2. The van der Waals surface area contributed by atoms with Gasteiger partial charge in [-0.3, -0.25) is 9.59 Å². The van der Waals surface area contributed by atoms with E-state index in [0.717, 1.165) is 6.08 Å². The van der Waals surface area contributed by atoms with Gasteiger partial charge in [0.05, 0.1) is 6.61 Å². The van der Waals surface area contributed by atoms with Gasteiger partial charge in [0.1, 0.15) is 6.42 Å². The first kappa shape index (κ1) is 9.44. The maximum atomic E-state index is 11.0. The molecule has 1 aliphatic rings. The summed E-state index contributed by atoms with van der Waals surface area (Å²) >= 11 is 0. The van der Waals surface area contributed by atoms with Gasteiger partial charge in [0.2, 0.25) is 5.76 Å². The Morgan fingerprint density at radius 1 is 1.62 bits per heavy atom. The monoisotopic (exact) mass is 184 g/mol. The highest BCUT2D eigenvalue weighted by atomic mass is 16.6. The quantitative estimate of drug-likeness (QED) is 0.444. The Morgan fingerprint density at radius 3 is 2.85 bits per heavy atom. The highest BCUT2D eigenvalue weighted by Gasteiger charge is 2.24. The topological polar surface area (TPSA) is 69.7 Å². The Labute approximate surface area is 74.3 Å². The molecule has 0 aliphatic carbocycles. The summed E-state index contributed by atoms with van der Waals surface area (Å²) in [6.07, 6.45) is 0.655. The van der Waals surface area contributed by atoms with Gasteiger partial charge < -0.3 is 9.47 Å². The molecule has 0 radical (unpaired) electrons. The fraction of sp³-hybridized carbons (Fsp3) is 0.375. The minimum absolute atomic E-state index is 0.169. The van der Waals surface area contributed by atoms with Crippen LogP contribution in [0.5, 0.6) is 0 Å². The van der Waals surface area contributed by atoms with Crippen LogP contribution in [-0.2, 0) is 23.9 Å². The summed E-state index contributed by atoms with van der Waals surface area (Å²) in [6.45, 7) is 1.78. The van der Waals surface area contributed by atoms with Crippen molar-refractivity contribution in [1.29, 1.82) is 0 Å². The molecular formula is C8H8O5. The van der Waals surface area contributed by atoms with Crippen molar-refractivity contribution < 1.29 is 23.9 Å². The number of carbonyl (C=O) groups excluding carboxylic acids is 3. The van der Waals surface area contributed by atoms with E-state index < -0.39 is 17.7 Å². The molecule has 0 aromatic heterocycles. The molecule has 0 saturated carbocycles. The standard InChI is InChI=1S/C8H8O5/c1-2-12-8(11)6-3-5(9)4-7(10)13-6/h3H,2,4H2,1H3. The second-order valence-corrected chi connectivity index (χ2v) is 2.35. The van der Waals surface area contributed by atoms with E-state index in [1.54, 1.807) is 6.92 Å². The van der Waals surface area contributed by atoms with Crippen molar-refractivity contribution in [3.8, 4) is 0 Å². The third-order valence-corrected chi connectivity index (χ3v) is 1.31. The molecule has 0 unspecified atom stereocenters. The minimum Gasteiger partial charge on any atom is -0.460 e. The van der Waals surface area contributed by atoms with Crippen molar-refractivity contribution in [2.75, 3.05) is 6.61 Å². The lowest BCUT2D eigenvalue weighted by Crippen LogP contribution is -2.22. The van der Waals surface area contributed by atoms with E-state index in [0.29, 0.717) is 0 Å². The van der Waals surface area contributed by atoms with Crippen LogP contribution in [0.4, 0.5) is 0 Å². The molecule has 1 rings (SSSR count). The van der Waals surface area contributed by atoms with Gasteiger partial charge in [0, 0.05) is 6.08 Å². The van der Waals surface area contributed by atoms with Gasteiger partial charge >= 0.3 is 11.9 Å². The molecule has 0 fully saturated rings. The Morgan fingerprint density at radius 2 is 2.31 bits per heavy atom. The third-order valence-electron chi connectivity index (χ3n) is 1.31. The molecule has 0 amide bonds. The van der Waals surface area contributed by atoms with Crippen LogP contribution in [0.15, 0.2) is 11.8 Å². The SMILES string of the molecule is CCOC(=O)C1=CC(=O)CC(=O)O1. The lowest BCUT2D eigenvalue weighted by atomic mass is 10.2. The maximum absolute atomic E-state index is 11.0. The Kier molecular flexibility index (Phi) is 2.79. The van der Waals surface area contributed by atoms with Crippen LogP contribution in [0.1, 0.15) is 13.3 Å². The Hall–Kier alpha value is -1.65. The van der Waals surface area contributed by atoms with Crippen molar-refractivity contribution in [3.05, 3.63) is 11.8 Å². The molecule has 0 atom stereocenters. The van der Waals surface area contributed by atoms with Crippen LogP contribution in [0.3, 0.4) is 0 Å². The lowest BCUT2D eigenvalue weighted by molar-refractivity contribution is -0.153. The third kappa shape index (κ3) is 2.40. The maximum Gasteiger partial charge on any atom is 0.374 e. The van der Waals surface area contributed by atoms with Crippen LogP contribution in [0, 0.1) is 0 Å². The van der Waals surface area contributed by atoms with Gasteiger partial charge in [-0.05, 0) is 6.92 Å². The smallest absolute Gasteiger partial charge is 0.374 e. The van der Waals surface area contributed by atoms with Gasteiger partial charge in [-0.15, -0.1) is 0 Å². The van der Waals surface area contributed by atoms with Crippen LogP contribution < -0.4 is 0 Å². The fourth-order valence-corrected chi connectivity index (χ4v) is 0.831. The molecule has 0 spiro atoms.